The van der Waals surface area contributed by atoms with Gasteiger partial charge in [-0.3, -0.25) is 9.59 Å². The van der Waals surface area contributed by atoms with Crippen molar-refractivity contribution < 1.29 is 67.5 Å². The zero-order chi connectivity index (χ0) is 43.3. The molecule has 19 atom stereocenters. The molecule has 0 aromatic heterocycles. The van der Waals surface area contributed by atoms with Crippen LogP contribution in [0.1, 0.15) is 138 Å². The number of carbonyl (C=O) groups excluding carboxylic acids is 2. The molecule has 3 N–H and O–H groups in total. The lowest BCUT2D eigenvalue weighted by molar-refractivity contribution is -0.359. The van der Waals surface area contributed by atoms with Crippen molar-refractivity contribution >= 4 is 11.8 Å². The van der Waals surface area contributed by atoms with Gasteiger partial charge in [0, 0.05) is 38.5 Å². The lowest BCUT2D eigenvalue weighted by Gasteiger charge is -2.47. The summed E-state index contributed by atoms with van der Waals surface area (Å²) in [6.45, 7) is 14.1. The zero-order valence-electron chi connectivity index (χ0n) is 37.2. The van der Waals surface area contributed by atoms with E-state index < -0.39 is 101 Å². The summed E-state index contributed by atoms with van der Waals surface area (Å²) >= 11 is 0. The van der Waals surface area contributed by atoms with Crippen molar-refractivity contribution in [3.05, 3.63) is 23.8 Å². The average Bonchev–Trinajstić information content (AvgIpc) is 4.02. The van der Waals surface area contributed by atoms with Crippen LogP contribution in [-0.4, -0.2) is 129 Å². The van der Waals surface area contributed by atoms with E-state index in [-0.39, 0.29) is 43.2 Å². The molecule has 9 aliphatic heterocycles. The van der Waals surface area contributed by atoms with Gasteiger partial charge in [-0.05, 0) is 97.8 Å². The third-order valence-electron chi connectivity index (χ3n) is 15.9. The van der Waals surface area contributed by atoms with Gasteiger partial charge in [0.25, 0.3) is 0 Å². The van der Waals surface area contributed by atoms with Crippen molar-refractivity contribution in [1.29, 1.82) is 0 Å². The van der Waals surface area contributed by atoms with Gasteiger partial charge in [-0.15, -0.1) is 0 Å². The van der Waals surface area contributed by atoms with Gasteiger partial charge in [0.15, 0.2) is 17.4 Å². The maximum atomic E-state index is 14.1. The molecule has 8 saturated heterocycles. The summed E-state index contributed by atoms with van der Waals surface area (Å²) in [6.07, 6.45) is 6.36. The molecule has 0 unspecified atom stereocenters. The Hall–Kier alpha value is -1.82. The smallest absolute Gasteiger partial charge is 0.311 e. The third kappa shape index (κ3) is 8.14. The number of esters is 1. The highest BCUT2D eigenvalue weighted by Crippen LogP contribution is 2.55. The normalized spacial score (nSPS) is 54.9. The van der Waals surface area contributed by atoms with E-state index in [2.05, 4.69) is 26.8 Å². The minimum atomic E-state index is -1.95. The molecule has 9 rings (SSSR count). The van der Waals surface area contributed by atoms with Crippen LogP contribution in [0.15, 0.2) is 23.8 Å². The highest BCUT2D eigenvalue weighted by molar-refractivity contribution is 5.86. The van der Waals surface area contributed by atoms with Crippen molar-refractivity contribution in [2.45, 2.75) is 234 Å². The molecule has 0 aromatic carbocycles. The van der Waals surface area contributed by atoms with E-state index in [1.165, 1.54) is 0 Å². The van der Waals surface area contributed by atoms with Crippen LogP contribution >= 0.6 is 0 Å². The first kappa shape index (κ1) is 44.4. The molecule has 0 saturated carbocycles. The van der Waals surface area contributed by atoms with Crippen LogP contribution in [0.3, 0.4) is 0 Å². The number of hydrogen-bond acceptors (Lipinski definition) is 14. The van der Waals surface area contributed by atoms with Crippen molar-refractivity contribution in [2.24, 2.45) is 17.8 Å². The van der Waals surface area contributed by atoms with E-state index in [4.69, 9.17) is 42.6 Å². The molecule has 10 bridgehead atoms. The lowest BCUT2D eigenvalue weighted by Crippen LogP contribution is -2.59. The largest absolute Gasteiger partial charge is 0.459 e. The first-order valence-electron chi connectivity index (χ1n) is 23.3. The SMILES string of the molecule is CC1=C[C@H](C)C[C@@]2(C)CC[C@@H](O2)[C@@]23CC[C@@](C)(C[C@@H](O2)[C@H]2O[C@](C)(CC2=O)[C@@H](O)[C@@H]2CC[C@@]4(CCC[C@H](O4)[C@@H](C)C(=O)O[C@@H]4C[C@@H]([C@@]5(O)OCC[C@@H](C)[C@H]5O)O[C@@H]4/C=C/1)O2)O3. The number of Topliss-reactive ketones (excluding diaryl/α,β-unsaturated/α-hetero) is 1. The molecular formula is C47H70O14. The molecule has 8 fully saturated rings. The van der Waals surface area contributed by atoms with Gasteiger partial charge < -0.3 is 58.0 Å². The topological polar surface area (TPSA) is 178 Å². The van der Waals surface area contributed by atoms with Crippen molar-refractivity contribution in [3.63, 3.8) is 0 Å². The number of hydrogen-bond donors (Lipinski definition) is 3. The Morgan fingerprint density at radius 1 is 0.754 bits per heavy atom. The highest BCUT2D eigenvalue weighted by atomic mass is 16.8. The second-order valence-electron chi connectivity index (χ2n) is 21.3. The number of ether oxygens (including phenoxy) is 9. The molecule has 0 aliphatic carbocycles. The molecule has 0 amide bonds. The monoisotopic (exact) mass is 858 g/mol. The minimum absolute atomic E-state index is 0.0222. The summed E-state index contributed by atoms with van der Waals surface area (Å²) < 4.78 is 59.0. The molecule has 0 aromatic rings. The van der Waals surface area contributed by atoms with E-state index in [0.717, 1.165) is 37.7 Å². The number of fused-ring (bicyclic) bond motifs is 10. The van der Waals surface area contributed by atoms with Crippen LogP contribution < -0.4 is 0 Å². The van der Waals surface area contributed by atoms with Gasteiger partial charge in [-0.25, -0.2) is 0 Å². The van der Waals surface area contributed by atoms with Crippen LogP contribution in [0.2, 0.25) is 0 Å². The predicted molar refractivity (Wildman–Crippen MR) is 218 cm³/mol. The van der Waals surface area contributed by atoms with Gasteiger partial charge >= 0.3 is 5.97 Å². The molecule has 9 aliphatic rings. The molecule has 61 heavy (non-hydrogen) atoms. The zero-order valence-corrected chi connectivity index (χ0v) is 37.2. The van der Waals surface area contributed by atoms with Gasteiger partial charge in [0.2, 0.25) is 5.79 Å². The Balaban J connectivity index is 1.00. The number of ketones is 1. The van der Waals surface area contributed by atoms with Crippen LogP contribution in [0, 0.1) is 17.8 Å². The molecule has 342 valence electrons. The quantitative estimate of drug-likeness (QED) is 0.291. The Morgan fingerprint density at radius 2 is 1.54 bits per heavy atom. The number of aliphatic hydroxyl groups is 3. The number of rotatable bonds is 1. The fourth-order valence-corrected chi connectivity index (χ4v) is 12.5. The number of aliphatic hydroxyl groups excluding tert-OH is 2. The Morgan fingerprint density at radius 3 is 2.34 bits per heavy atom. The summed E-state index contributed by atoms with van der Waals surface area (Å²) in [5.74, 6) is -5.28. The molecule has 0 radical (unpaired) electrons. The van der Waals surface area contributed by atoms with E-state index in [0.29, 0.717) is 44.9 Å². The van der Waals surface area contributed by atoms with Crippen LogP contribution in [-0.2, 0) is 52.2 Å². The molecule has 2 spiro atoms. The molecule has 9 heterocycles. The highest BCUT2D eigenvalue weighted by Gasteiger charge is 2.65. The summed E-state index contributed by atoms with van der Waals surface area (Å²) in [4.78, 5) is 28.0. The fraction of sp³-hybridized carbons (Fsp3) is 0.872. The van der Waals surface area contributed by atoms with E-state index in [1.807, 2.05) is 26.0 Å². The van der Waals surface area contributed by atoms with Gasteiger partial charge in [0.1, 0.15) is 48.3 Å². The van der Waals surface area contributed by atoms with Crippen LogP contribution in [0.25, 0.3) is 0 Å². The molecular weight excluding hydrogens is 789 g/mol. The maximum absolute atomic E-state index is 14.1. The predicted octanol–water partition coefficient (Wildman–Crippen LogP) is 5.25. The average molecular weight is 859 g/mol. The Kier molecular flexibility index (Phi) is 11.6. The second kappa shape index (κ2) is 16.0. The van der Waals surface area contributed by atoms with Crippen molar-refractivity contribution in [3.8, 4) is 0 Å². The van der Waals surface area contributed by atoms with Crippen molar-refractivity contribution in [2.75, 3.05) is 6.61 Å². The second-order valence-corrected chi connectivity index (χ2v) is 21.3. The summed E-state index contributed by atoms with van der Waals surface area (Å²) in [5, 5.41) is 34.8. The first-order chi connectivity index (χ1) is 28.7. The Bertz CT molecular complexity index is 1750. The standard InChI is InChI=1S/C47H70O14/c1-26-10-11-32-34(22-37(54-32)47(52)39(49)28(3)14-20-53-47)55-41(51)29(4)31-9-8-15-45(56-31)17-12-33(57-45)40(50)44(7)24-30(48)38(60-44)35-25-43(6)18-19-46(58-35,61-43)36-13-16-42(5,59-36)23-27(2)21-26/h10-11,21,27-29,31-40,49-50,52H,8-9,12-20,22-25H2,1-7H3/b11-10+,26-21?/t27-,28+,29+,31-,32+,33-,34+,35+,36+,37-,38-,39+,40-,42+,43-,44+,45+,46-,47+/m0/s1. The maximum Gasteiger partial charge on any atom is 0.311 e. The first-order valence-corrected chi connectivity index (χ1v) is 23.3. The van der Waals surface area contributed by atoms with Crippen LogP contribution in [0.4, 0.5) is 0 Å². The third-order valence-corrected chi connectivity index (χ3v) is 15.9. The van der Waals surface area contributed by atoms with Gasteiger partial charge in [-0.1, -0.05) is 37.6 Å². The lowest BCUT2D eigenvalue weighted by atomic mass is 9.87. The minimum Gasteiger partial charge on any atom is -0.459 e. The van der Waals surface area contributed by atoms with Gasteiger partial charge in [-0.2, -0.15) is 0 Å². The van der Waals surface area contributed by atoms with Gasteiger partial charge in [0.05, 0.1) is 42.0 Å². The Labute approximate surface area is 360 Å². The number of allylic oxidation sites excluding steroid dienone is 3. The number of carbonyl (C=O) groups is 2. The summed E-state index contributed by atoms with van der Waals surface area (Å²) in [5.41, 5.74) is -1.17. The molecule has 14 heteroatoms. The van der Waals surface area contributed by atoms with E-state index in [9.17, 15) is 24.9 Å². The van der Waals surface area contributed by atoms with E-state index >= 15 is 0 Å². The summed E-state index contributed by atoms with van der Waals surface area (Å²) in [6, 6.07) is 0. The molecule has 14 nitrogen and oxygen atoms in total. The van der Waals surface area contributed by atoms with Crippen molar-refractivity contribution in [1.82, 2.24) is 0 Å². The summed E-state index contributed by atoms with van der Waals surface area (Å²) in [7, 11) is 0. The fourth-order valence-electron chi connectivity index (χ4n) is 12.5. The van der Waals surface area contributed by atoms with Crippen LogP contribution in [0.5, 0.6) is 0 Å². The van der Waals surface area contributed by atoms with E-state index in [1.54, 1.807) is 13.8 Å².